The minimum Gasteiger partial charge on any atom is -0.469 e. The molecule has 1 atom stereocenters. The van der Waals surface area contributed by atoms with E-state index in [0.29, 0.717) is 13.0 Å². The third-order valence-corrected chi connectivity index (χ3v) is 5.40. The highest BCUT2D eigenvalue weighted by molar-refractivity contribution is 6.30. The predicted octanol–water partition coefficient (Wildman–Crippen LogP) is 4.33. The summed E-state index contributed by atoms with van der Waals surface area (Å²) >= 11 is 6.09. The van der Waals surface area contributed by atoms with Gasteiger partial charge in [0, 0.05) is 34.7 Å². The van der Waals surface area contributed by atoms with Crippen molar-refractivity contribution in [2.45, 2.75) is 18.9 Å². The lowest BCUT2D eigenvalue weighted by molar-refractivity contribution is -0.141. The molecule has 0 spiro atoms. The topological polar surface area (TPSA) is 45.3 Å². The average Bonchev–Trinajstić information content (AvgIpc) is 3.05. The molecule has 0 bridgehead atoms. The van der Waals surface area contributed by atoms with Crippen LogP contribution in [0.4, 0.5) is 0 Å². The number of halogens is 1. The number of aromatic nitrogens is 1. The first kappa shape index (κ1) is 17.1. The van der Waals surface area contributed by atoms with Crippen molar-refractivity contribution >= 4 is 28.5 Å². The highest BCUT2D eigenvalue weighted by Crippen LogP contribution is 2.38. The van der Waals surface area contributed by atoms with Crippen molar-refractivity contribution in [1.82, 2.24) is 9.88 Å². The van der Waals surface area contributed by atoms with Gasteiger partial charge in [-0.15, -0.1) is 0 Å². The molecular weight excluding hydrogens is 348 g/mol. The van der Waals surface area contributed by atoms with Gasteiger partial charge in [-0.2, -0.15) is 0 Å². The summed E-state index contributed by atoms with van der Waals surface area (Å²) in [6, 6.07) is 16.5. The molecule has 3 aromatic rings. The lowest BCUT2D eigenvalue weighted by Crippen LogP contribution is -2.37. The van der Waals surface area contributed by atoms with Gasteiger partial charge in [-0.1, -0.05) is 41.9 Å². The summed E-state index contributed by atoms with van der Waals surface area (Å²) in [7, 11) is 1.44. The van der Waals surface area contributed by atoms with Crippen LogP contribution in [0.1, 0.15) is 29.3 Å². The average molecular weight is 369 g/mol. The van der Waals surface area contributed by atoms with Gasteiger partial charge in [0.25, 0.3) is 0 Å². The molecule has 5 heteroatoms. The van der Waals surface area contributed by atoms with E-state index in [1.54, 1.807) is 0 Å². The van der Waals surface area contributed by atoms with Crippen LogP contribution in [0.15, 0.2) is 48.5 Å². The Kier molecular flexibility index (Phi) is 4.70. The highest BCUT2D eigenvalue weighted by atomic mass is 35.5. The maximum absolute atomic E-state index is 11.7. The zero-order chi connectivity index (χ0) is 18.1. The second-order valence-electron chi connectivity index (χ2n) is 6.63. The Morgan fingerprint density at radius 2 is 2.00 bits per heavy atom. The summed E-state index contributed by atoms with van der Waals surface area (Å²) < 4.78 is 4.82. The lowest BCUT2D eigenvalue weighted by Gasteiger charge is -2.36. The van der Waals surface area contributed by atoms with Gasteiger partial charge in [0.1, 0.15) is 0 Å². The van der Waals surface area contributed by atoms with Crippen molar-refractivity contribution < 1.29 is 9.53 Å². The molecule has 1 aliphatic heterocycles. The number of hydrogen-bond donors (Lipinski definition) is 1. The number of carbonyl (C=O) groups is 1. The van der Waals surface area contributed by atoms with Crippen molar-refractivity contribution in [2.75, 3.05) is 20.2 Å². The van der Waals surface area contributed by atoms with Crippen LogP contribution in [0.3, 0.4) is 0 Å². The third kappa shape index (κ3) is 3.11. The lowest BCUT2D eigenvalue weighted by atomic mass is 9.92. The quantitative estimate of drug-likeness (QED) is 0.697. The number of nitrogens with one attached hydrogen (secondary N) is 1. The summed E-state index contributed by atoms with van der Waals surface area (Å²) in [6.45, 7) is 1.56. The Bertz CT molecular complexity index is 933. The Balaban J connectivity index is 1.77. The molecule has 0 amide bonds. The molecule has 2 heterocycles. The molecule has 4 nitrogen and oxygen atoms in total. The number of esters is 1. The Labute approximate surface area is 157 Å². The molecule has 1 aromatic heterocycles. The molecule has 0 fully saturated rings. The number of nitrogens with zero attached hydrogens (tertiary/aromatic N) is 1. The molecule has 0 saturated carbocycles. The molecule has 1 aliphatic rings. The zero-order valence-electron chi connectivity index (χ0n) is 14.7. The maximum Gasteiger partial charge on any atom is 0.306 e. The normalized spacial score (nSPS) is 17.2. The van der Waals surface area contributed by atoms with E-state index >= 15 is 0 Å². The van der Waals surface area contributed by atoms with Gasteiger partial charge in [0.15, 0.2) is 0 Å². The van der Waals surface area contributed by atoms with E-state index in [4.69, 9.17) is 16.3 Å². The molecule has 134 valence electrons. The van der Waals surface area contributed by atoms with Gasteiger partial charge in [-0.3, -0.25) is 9.69 Å². The number of methoxy groups -OCH3 is 1. The number of carbonyl (C=O) groups excluding carboxylic acids is 1. The van der Waals surface area contributed by atoms with Crippen LogP contribution in [0, 0.1) is 0 Å². The van der Waals surface area contributed by atoms with E-state index < -0.39 is 0 Å². The fraction of sp³-hybridized carbons (Fsp3) is 0.286. The summed E-state index contributed by atoms with van der Waals surface area (Å²) in [5, 5.41) is 2.01. The highest BCUT2D eigenvalue weighted by Gasteiger charge is 2.31. The summed E-state index contributed by atoms with van der Waals surface area (Å²) in [6.07, 6.45) is 1.35. The third-order valence-electron chi connectivity index (χ3n) is 5.15. The number of hydrogen-bond acceptors (Lipinski definition) is 3. The summed E-state index contributed by atoms with van der Waals surface area (Å²) in [5.41, 5.74) is 4.91. The van der Waals surface area contributed by atoms with Crippen LogP contribution >= 0.6 is 11.6 Å². The van der Waals surface area contributed by atoms with Gasteiger partial charge in [0.05, 0.1) is 19.6 Å². The van der Waals surface area contributed by atoms with E-state index in [2.05, 4.69) is 46.3 Å². The smallest absolute Gasteiger partial charge is 0.306 e. The standard InChI is InChI=1S/C21H21ClN2O2/c1-26-19(25)11-13-24-12-10-17-16-4-2-3-5-18(16)23-20(17)21(24)14-6-8-15(22)9-7-14/h2-9,21,23H,10-13H2,1H3/t21-/m1/s1. The van der Waals surface area contributed by atoms with E-state index in [9.17, 15) is 4.79 Å². The number of benzene rings is 2. The van der Waals surface area contributed by atoms with Gasteiger partial charge >= 0.3 is 5.97 Å². The van der Waals surface area contributed by atoms with E-state index in [1.807, 2.05) is 12.1 Å². The number of rotatable bonds is 4. The molecule has 0 aliphatic carbocycles. The van der Waals surface area contributed by atoms with Crippen LogP contribution in [0.5, 0.6) is 0 Å². The van der Waals surface area contributed by atoms with Gasteiger partial charge < -0.3 is 9.72 Å². The van der Waals surface area contributed by atoms with Crippen molar-refractivity contribution in [3.8, 4) is 0 Å². The number of ether oxygens (including phenoxy) is 1. The second-order valence-corrected chi connectivity index (χ2v) is 7.07. The van der Waals surface area contributed by atoms with Crippen LogP contribution in [-0.2, 0) is 16.0 Å². The molecule has 0 unspecified atom stereocenters. The first-order chi connectivity index (χ1) is 12.7. The van der Waals surface area contributed by atoms with E-state index in [0.717, 1.165) is 23.5 Å². The summed E-state index contributed by atoms with van der Waals surface area (Å²) in [5.74, 6) is -0.178. The Morgan fingerprint density at radius 1 is 1.23 bits per heavy atom. The monoisotopic (exact) mass is 368 g/mol. The van der Waals surface area contributed by atoms with Gasteiger partial charge in [-0.05, 0) is 35.7 Å². The molecule has 0 radical (unpaired) electrons. The van der Waals surface area contributed by atoms with Crippen LogP contribution in [0.2, 0.25) is 5.02 Å². The largest absolute Gasteiger partial charge is 0.469 e. The van der Waals surface area contributed by atoms with Crippen molar-refractivity contribution in [3.05, 3.63) is 70.4 Å². The predicted molar refractivity (Wildman–Crippen MR) is 104 cm³/mol. The number of H-pyrrole nitrogens is 1. The number of aromatic amines is 1. The van der Waals surface area contributed by atoms with Crippen molar-refractivity contribution in [3.63, 3.8) is 0 Å². The molecule has 26 heavy (non-hydrogen) atoms. The molecular formula is C21H21ClN2O2. The van der Waals surface area contributed by atoms with Crippen LogP contribution in [0.25, 0.3) is 10.9 Å². The number of para-hydroxylation sites is 1. The van der Waals surface area contributed by atoms with E-state index in [-0.39, 0.29) is 12.0 Å². The first-order valence-electron chi connectivity index (χ1n) is 8.83. The maximum atomic E-state index is 11.7. The molecule has 0 saturated heterocycles. The first-order valence-corrected chi connectivity index (χ1v) is 9.21. The molecule has 1 N–H and O–H groups in total. The molecule has 4 rings (SSSR count). The van der Waals surface area contributed by atoms with Gasteiger partial charge in [-0.25, -0.2) is 0 Å². The second kappa shape index (κ2) is 7.14. The molecule has 2 aromatic carbocycles. The fourth-order valence-corrected chi connectivity index (χ4v) is 4.02. The van der Waals surface area contributed by atoms with Crippen LogP contribution in [-0.4, -0.2) is 36.1 Å². The van der Waals surface area contributed by atoms with Crippen LogP contribution < -0.4 is 0 Å². The number of fused-ring (bicyclic) bond motifs is 3. The zero-order valence-corrected chi connectivity index (χ0v) is 15.4. The summed E-state index contributed by atoms with van der Waals surface area (Å²) in [4.78, 5) is 17.6. The van der Waals surface area contributed by atoms with Crippen molar-refractivity contribution in [1.29, 1.82) is 0 Å². The van der Waals surface area contributed by atoms with Crippen molar-refractivity contribution in [2.24, 2.45) is 0 Å². The minimum atomic E-state index is -0.178. The fourth-order valence-electron chi connectivity index (χ4n) is 3.89. The Hall–Kier alpha value is -2.30. The minimum absolute atomic E-state index is 0.0769. The van der Waals surface area contributed by atoms with E-state index in [1.165, 1.54) is 29.3 Å². The Morgan fingerprint density at radius 3 is 2.77 bits per heavy atom. The van der Waals surface area contributed by atoms with Gasteiger partial charge in [0.2, 0.25) is 0 Å². The SMILES string of the molecule is COC(=O)CCN1CCc2c([nH]c3ccccc23)[C@H]1c1ccc(Cl)cc1.